The average Bonchev–Trinajstić information content (AvgIpc) is 2.16. The Kier molecular flexibility index (Phi) is 3.62. The molecular weight excluding hydrogens is 198 g/mol. The molecule has 0 radical (unpaired) electrons. The van der Waals surface area contributed by atoms with Gasteiger partial charge in [0.25, 0.3) is 5.69 Å². The maximum atomic E-state index is 10.7. The van der Waals surface area contributed by atoms with E-state index in [0.717, 1.165) is 0 Å². The number of ether oxygens (including phenoxy) is 1. The molecule has 15 heavy (non-hydrogen) atoms. The Labute approximate surface area is 87.5 Å². The van der Waals surface area contributed by atoms with E-state index in [4.69, 9.17) is 4.74 Å². The highest BCUT2D eigenvalue weighted by molar-refractivity contribution is 5.45. The van der Waals surface area contributed by atoms with Gasteiger partial charge in [-0.3, -0.25) is 10.1 Å². The van der Waals surface area contributed by atoms with Crippen molar-refractivity contribution in [1.82, 2.24) is 0 Å². The molecule has 0 aromatic heterocycles. The molecule has 0 heterocycles. The molecule has 0 amide bonds. The zero-order valence-corrected chi connectivity index (χ0v) is 8.64. The van der Waals surface area contributed by atoms with Crippen LogP contribution in [0, 0.1) is 10.1 Å². The summed E-state index contributed by atoms with van der Waals surface area (Å²) in [5.41, 5.74) is 0.492. The highest BCUT2D eigenvalue weighted by Crippen LogP contribution is 2.24. The quantitative estimate of drug-likeness (QED) is 0.605. The lowest BCUT2D eigenvalue weighted by atomic mass is 10.1. The summed E-state index contributed by atoms with van der Waals surface area (Å²) in [6, 6.07) is 4.49. The summed E-state index contributed by atoms with van der Waals surface area (Å²) in [6.45, 7) is 1.59. The van der Waals surface area contributed by atoms with Crippen LogP contribution in [-0.2, 0) is 6.42 Å². The van der Waals surface area contributed by atoms with Crippen LogP contribution in [0.3, 0.4) is 0 Å². The van der Waals surface area contributed by atoms with E-state index in [0.29, 0.717) is 11.3 Å². The Bertz CT molecular complexity index is 362. The van der Waals surface area contributed by atoms with Crippen molar-refractivity contribution in [2.24, 2.45) is 0 Å². The first-order valence-corrected chi connectivity index (χ1v) is 4.54. The molecule has 1 aromatic carbocycles. The molecule has 0 unspecified atom stereocenters. The average molecular weight is 211 g/mol. The summed E-state index contributed by atoms with van der Waals surface area (Å²) in [5, 5.41) is 19.9. The van der Waals surface area contributed by atoms with Gasteiger partial charge >= 0.3 is 0 Å². The first kappa shape index (κ1) is 11.5. The molecule has 1 atom stereocenters. The molecular formula is C10H13NO4. The predicted molar refractivity (Wildman–Crippen MR) is 55.0 cm³/mol. The van der Waals surface area contributed by atoms with Gasteiger partial charge in [0.2, 0.25) is 0 Å². The first-order valence-electron chi connectivity index (χ1n) is 4.54. The van der Waals surface area contributed by atoms with Crippen molar-refractivity contribution in [3.05, 3.63) is 33.9 Å². The fourth-order valence-electron chi connectivity index (χ4n) is 1.35. The lowest BCUT2D eigenvalue weighted by Gasteiger charge is -2.07. The van der Waals surface area contributed by atoms with Crippen LogP contribution in [0.5, 0.6) is 5.75 Å². The second kappa shape index (κ2) is 4.75. The minimum atomic E-state index is -0.615. The molecule has 0 aliphatic rings. The van der Waals surface area contributed by atoms with E-state index in [1.165, 1.54) is 19.2 Å². The number of rotatable bonds is 4. The molecule has 0 aliphatic carbocycles. The molecule has 0 saturated carbocycles. The third-order valence-electron chi connectivity index (χ3n) is 2.00. The monoisotopic (exact) mass is 211 g/mol. The fraction of sp³-hybridized carbons (Fsp3) is 0.400. The Morgan fingerprint density at radius 2 is 2.27 bits per heavy atom. The maximum Gasteiger partial charge on any atom is 0.272 e. The zero-order chi connectivity index (χ0) is 11.4. The van der Waals surface area contributed by atoms with Crippen LogP contribution in [0.2, 0.25) is 0 Å². The van der Waals surface area contributed by atoms with Gasteiger partial charge < -0.3 is 9.84 Å². The minimum Gasteiger partial charge on any atom is -0.497 e. The van der Waals surface area contributed by atoms with Crippen LogP contribution in [0.25, 0.3) is 0 Å². The van der Waals surface area contributed by atoms with Crippen molar-refractivity contribution in [1.29, 1.82) is 0 Å². The molecule has 0 bridgehead atoms. The summed E-state index contributed by atoms with van der Waals surface area (Å²) in [4.78, 5) is 10.2. The van der Waals surface area contributed by atoms with E-state index < -0.39 is 11.0 Å². The van der Waals surface area contributed by atoms with Crippen LogP contribution >= 0.6 is 0 Å². The summed E-state index contributed by atoms with van der Waals surface area (Å²) in [5.74, 6) is 0.552. The summed E-state index contributed by atoms with van der Waals surface area (Å²) in [6.07, 6.45) is -0.371. The molecule has 5 heteroatoms. The SMILES string of the molecule is COc1ccc([N+](=O)[O-])c(C[C@@H](C)O)c1. The predicted octanol–water partition coefficient (Wildman–Crippen LogP) is 1.53. The first-order chi connectivity index (χ1) is 7.04. The highest BCUT2D eigenvalue weighted by Gasteiger charge is 2.15. The van der Waals surface area contributed by atoms with Gasteiger partial charge in [0.05, 0.1) is 18.1 Å². The molecule has 82 valence electrons. The molecule has 1 aromatic rings. The van der Waals surface area contributed by atoms with Crippen LogP contribution in [0.4, 0.5) is 5.69 Å². The molecule has 1 rings (SSSR count). The fourth-order valence-corrected chi connectivity index (χ4v) is 1.35. The summed E-state index contributed by atoms with van der Waals surface area (Å²) < 4.78 is 4.97. The van der Waals surface area contributed by atoms with Crippen molar-refractivity contribution in [2.75, 3.05) is 7.11 Å². The van der Waals surface area contributed by atoms with E-state index in [9.17, 15) is 15.2 Å². The van der Waals surface area contributed by atoms with Crippen LogP contribution in [0.15, 0.2) is 18.2 Å². The molecule has 0 spiro atoms. The maximum absolute atomic E-state index is 10.7. The third kappa shape index (κ3) is 2.92. The highest BCUT2D eigenvalue weighted by atomic mass is 16.6. The van der Waals surface area contributed by atoms with Gasteiger partial charge in [-0.15, -0.1) is 0 Å². The number of nitrogens with zero attached hydrogens (tertiary/aromatic N) is 1. The van der Waals surface area contributed by atoms with Gasteiger partial charge in [-0.1, -0.05) is 0 Å². The number of benzene rings is 1. The van der Waals surface area contributed by atoms with Crippen molar-refractivity contribution >= 4 is 5.69 Å². The van der Waals surface area contributed by atoms with Crippen LogP contribution < -0.4 is 4.74 Å². The van der Waals surface area contributed by atoms with Gasteiger partial charge in [0.15, 0.2) is 0 Å². The number of hydrogen-bond acceptors (Lipinski definition) is 4. The minimum absolute atomic E-state index is 0.0108. The van der Waals surface area contributed by atoms with Gasteiger partial charge in [0.1, 0.15) is 5.75 Å². The molecule has 5 nitrogen and oxygen atoms in total. The van der Waals surface area contributed by atoms with Gasteiger partial charge in [-0.2, -0.15) is 0 Å². The Morgan fingerprint density at radius 3 is 2.73 bits per heavy atom. The zero-order valence-electron chi connectivity index (χ0n) is 8.64. The van der Waals surface area contributed by atoms with E-state index in [2.05, 4.69) is 0 Å². The standard InChI is InChI=1S/C10H13NO4/c1-7(12)5-8-6-9(15-2)3-4-10(8)11(13)14/h3-4,6-7,12H,5H2,1-2H3/t7-/m1/s1. The Hall–Kier alpha value is -1.62. The van der Waals surface area contributed by atoms with E-state index in [1.807, 2.05) is 0 Å². The second-order valence-electron chi connectivity index (χ2n) is 3.30. The number of hydrogen-bond donors (Lipinski definition) is 1. The lowest BCUT2D eigenvalue weighted by Crippen LogP contribution is -2.06. The number of methoxy groups -OCH3 is 1. The summed E-state index contributed by atoms with van der Waals surface area (Å²) >= 11 is 0. The molecule has 1 N–H and O–H groups in total. The largest absolute Gasteiger partial charge is 0.497 e. The number of nitro benzene ring substituents is 1. The normalized spacial score (nSPS) is 12.2. The van der Waals surface area contributed by atoms with Gasteiger partial charge in [-0.25, -0.2) is 0 Å². The Morgan fingerprint density at radius 1 is 1.60 bits per heavy atom. The van der Waals surface area contributed by atoms with Crippen molar-refractivity contribution in [3.8, 4) is 5.75 Å². The number of aliphatic hydroxyl groups excluding tert-OH is 1. The summed E-state index contributed by atoms with van der Waals surface area (Å²) in [7, 11) is 1.49. The van der Waals surface area contributed by atoms with E-state index >= 15 is 0 Å². The van der Waals surface area contributed by atoms with Crippen LogP contribution in [-0.4, -0.2) is 23.2 Å². The Balaban J connectivity index is 3.10. The topological polar surface area (TPSA) is 72.6 Å². The van der Waals surface area contributed by atoms with Crippen LogP contribution in [0.1, 0.15) is 12.5 Å². The van der Waals surface area contributed by atoms with Crippen molar-refractivity contribution in [3.63, 3.8) is 0 Å². The van der Waals surface area contributed by atoms with E-state index in [1.54, 1.807) is 13.0 Å². The number of aliphatic hydroxyl groups is 1. The third-order valence-corrected chi connectivity index (χ3v) is 2.00. The number of nitro groups is 1. The van der Waals surface area contributed by atoms with Crippen molar-refractivity contribution in [2.45, 2.75) is 19.4 Å². The van der Waals surface area contributed by atoms with Gasteiger partial charge in [-0.05, 0) is 19.1 Å². The molecule has 0 fully saturated rings. The van der Waals surface area contributed by atoms with Gasteiger partial charge in [0, 0.05) is 18.1 Å². The van der Waals surface area contributed by atoms with E-state index in [-0.39, 0.29) is 12.1 Å². The smallest absolute Gasteiger partial charge is 0.272 e. The lowest BCUT2D eigenvalue weighted by molar-refractivity contribution is -0.385. The molecule has 0 saturated heterocycles. The molecule has 0 aliphatic heterocycles. The second-order valence-corrected chi connectivity index (χ2v) is 3.30. The van der Waals surface area contributed by atoms with Crippen molar-refractivity contribution < 1.29 is 14.8 Å².